The van der Waals surface area contributed by atoms with Gasteiger partial charge in [0.15, 0.2) is 18.1 Å². The van der Waals surface area contributed by atoms with Gasteiger partial charge in [-0.25, -0.2) is 0 Å². The number of methoxy groups -OCH3 is 1. The van der Waals surface area contributed by atoms with Gasteiger partial charge in [0.2, 0.25) is 6.21 Å². The summed E-state index contributed by atoms with van der Waals surface area (Å²) in [6.07, 6.45) is 1.58. The van der Waals surface area contributed by atoms with E-state index in [9.17, 15) is 0 Å². The summed E-state index contributed by atoms with van der Waals surface area (Å²) in [5.41, 5.74) is 10.2. The van der Waals surface area contributed by atoms with Crippen molar-refractivity contribution in [1.29, 1.82) is 0 Å². The molecule has 1 aromatic carbocycles. The largest absolute Gasteiger partial charge is 0.493 e. The van der Waals surface area contributed by atoms with Gasteiger partial charge in [-0.15, -0.1) is 5.10 Å². The summed E-state index contributed by atoms with van der Waals surface area (Å²) >= 11 is 0. The molecular weight excluding hydrogens is 208 g/mol. The average Bonchev–Trinajstić information content (AvgIpc) is 2.29. The fourth-order valence-corrected chi connectivity index (χ4v) is 1.03. The van der Waals surface area contributed by atoms with Crippen molar-refractivity contribution in [3.8, 4) is 11.5 Å². The molecule has 6 heteroatoms. The summed E-state index contributed by atoms with van der Waals surface area (Å²) < 4.78 is 10.5. The van der Waals surface area contributed by atoms with E-state index < -0.39 is 0 Å². The summed E-state index contributed by atoms with van der Waals surface area (Å²) in [7, 11) is 1.59. The van der Waals surface area contributed by atoms with Gasteiger partial charge in [0.05, 0.1) is 7.11 Å². The fourth-order valence-electron chi connectivity index (χ4n) is 1.03. The van der Waals surface area contributed by atoms with Crippen LogP contribution in [0.15, 0.2) is 29.4 Å². The van der Waals surface area contributed by atoms with Gasteiger partial charge in [-0.2, -0.15) is 0 Å². The number of rotatable bonds is 5. The maximum absolute atomic E-state index is 5.42. The van der Waals surface area contributed by atoms with Gasteiger partial charge in [-0.3, -0.25) is 0 Å². The van der Waals surface area contributed by atoms with E-state index in [0.29, 0.717) is 18.1 Å². The first-order valence-corrected chi connectivity index (χ1v) is 4.65. The third-order valence-electron chi connectivity index (χ3n) is 1.68. The molecule has 5 N–H and O–H groups in total. The molecule has 0 atom stereocenters. The number of nitrogens with one attached hydrogen (secondary N) is 1. The Balaban J connectivity index is 2.48. The number of para-hydroxylation sites is 2. The molecule has 0 aliphatic rings. The van der Waals surface area contributed by atoms with E-state index in [-0.39, 0.29) is 5.96 Å². The van der Waals surface area contributed by atoms with Crippen molar-refractivity contribution in [3.05, 3.63) is 24.3 Å². The van der Waals surface area contributed by atoms with Gasteiger partial charge >= 0.3 is 0 Å². The Labute approximate surface area is 93.6 Å². The zero-order valence-electron chi connectivity index (χ0n) is 9.01. The highest BCUT2D eigenvalue weighted by Crippen LogP contribution is 2.25. The fraction of sp³-hybridized carbons (Fsp3) is 0.200. The number of nitrogens with two attached hydrogens (primary N) is 2. The number of hydrazone groups is 1. The van der Waals surface area contributed by atoms with Gasteiger partial charge in [-0.1, -0.05) is 12.1 Å². The molecule has 0 spiro atoms. The van der Waals surface area contributed by atoms with Gasteiger partial charge in [0, 0.05) is 5.10 Å². The predicted octanol–water partition coefficient (Wildman–Crippen LogP) is -1.59. The molecule has 16 heavy (non-hydrogen) atoms. The molecular formula is C10H15N4O2+. The normalized spacial score (nSPS) is 10.1. The van der Waals surface area contributed by atoms with Crippen LogP contribution in [0.1, 0.15) is 0 Å². The van der Waals surface area contributed by atoms with Crippen molar-refractivity contribution in [1.82, 2.24) is 0 Å². The quantitative estimate of drug-likeness (QED) is 0.318. The van der Waals surface area contributed by atoms with E-state index in [4.69, 9.17) is 20.9 Å². The van der Waals surface area contributed by atoms with Crippen LogP contribution in [0.25, 0.3) is 0 Å². The predicted molar refractivity (Wildman–Crippen MR) is 61.3 cm³/mol. The van der Waals surface area contributed by atoms with Crippen molar-refractivity contribution in [2.24, 2.45) is 16.6 Å². The molecule has 0 aliphatic heterocycles. The lowest BCUT2D eigenvalue weighted by atomic mass is 10.3. The van der Waals surface area contributed by atoms with Crippen LogP contribution in [0.2, 0.25) is 0 Å². The standard InChI is InChI=1S/C10H14N4O2/c1-15-8-4-2-3-5-9(8)16-7-6-13-14-10(11)12/h2-6H,7H2,1H3,(H4,11,12,14)/p+1/b13-6-. The molecule has 0 aliphatic carbocycles. The molecule has 86 valence electrons. The Bertz CT molecular complexity index is 386. The summed E-state index contributed by atoms with van der Waals surface area (Å²) in [5.74, 6) is 1.30. The van der Waals surface area contributed by atoms with Crippen LogP contribution in [0, 0.1) is 0 Å². The number of hydrogen-bond donors (Lipinski definition) is 3. The second kappa shape index (κ2) is 6.28. The Hall–Kier alpha value is -2.24. The number of nitrogens with zero attached hydrogens (tertiary/aromatic N) is 1. The maximum Gasteiger partial charge on any atom is 0.256 e. The monoisotopic (exact) mass is 223 g/mol. The molecule has 0 aromatic heterocycles. The zero-order valence-corrected chi connectivity index (χ0v) is 9.01. The minimum Gasteiger partial charge on any atom is -0.493 e. The van der Waals surface area contributed by atoms with Crippen molar-refractivity contribution >= 4 is 12.2 Å². The van der Waals surface area contributed by atoms with Crippen LogP contribution in [0.4, 0.5) is 0 Å². The first-order chi connectivity index (χ1) is 7.74. The number of hydrogen-bond acceptors (Lipinski definition) is 3. The van der Waals surface area contributed by atoms with Crippen LogP contribution in [0.5, 0.6) is 11.5 Å². The lowest BCUT2D eigenvalue weighted by molar-refractivity contribution is -0.458. The van der Waals surface area contributed by atoms with Gasteiger partial charge in [-0.05, 0) is 12.1 Å². The molecule has 0 bridgehead atoms. The second-order valence-electron chi connectivity index (χ2n) is 2.83. The van der Waals surface area contributed by atoms with Crippen molar-refractivity contribution in [2.45, 2.75) is 0 Å². The maximum atomic E-state index is 5.42. The van der Waals surface area contributed by atoms with E-state index in [1.165, 1.54) is 0 Å². The SMILES string of the molecule is COc1ccccc1OC/C=[NH+]\N=C(N)N. The summed E-state index contributed by atoms with van der Waals surface area (Å²) in [5, 5.41) is 6.09. The van der Waals surface area contributed by atoms with Crippen LogP contribution < -0.4 is 26.0 Å². The van der Waals surface area contributed by atoms with E-state index in [2.05, 4.69) is 10.2 Å². The first kappa shape index (κ1) is 11.8. The Morgan fingerprint density at radius 3 is 2.69 bits per heavy atom. The molecule has 0 unspecified atom stereocenters. The lowest BCUT2D eigenvalue weighted by Gasteiger charge is -2.06. The van der Waals surface area contributed by atoms with Gasteiger partial charge in [0.1, 0.15) is 0 Å². The van der Waals surface area contributed by atoms with Crippen LogP contribution in [-0.2, 0) is 0 Å². The zero-order chi connectivity index (χ0) is 11.8. The summed E-state index contributed by atoms with van der Waals surface area (Å²) in [6.45, 7) is 0.317. The first-order valence-electron chi connectivity index (χ1n) is 4.65. The van der Waals surface area contributed by atoms with Gasteiger partial charge < -0.3 is 20.9 Å². The minimum absolute atomic E-state index is 0.0338. The highest BCUT2D eigenvalue weighted by molar-refractivity contribution is 5.74. The topological polar surface area (TPSA) is 96.8 Å². The Kier molecular flexibility index (Phi) is 4.65. The molecule has 6 nitrogen and oxygen atoms in total. The smallest absolute Gasteiger partial charge is 0.256 e. The van der Waals surface area contributed by atoms with Crippen LogP contribution in [-0.4, -0.2) is 25.9 Å². The number of ether oxygens (including phenoxy) is 2. The van der Waals surface area contributed by atoms with Crippen molar-refractivity contribution < 1.29 is 14.6 Å². The van der Waals surface area contributed by atoms with Gasteiger partial charge in [0.25, 0.3) is 5.96 Å². The van der Waals surface area contributed by atoms with Crippen LogP contribution >= 0.6 is 0 Å². The van der Waals surface area contributed by atoms with E-state index in [0.717, 1.165) is 0 Å². The second-order valence-corrected chi connectivity index (χ2v) is 2.83. The molecule has 1 aromatic rings. The molecule has 0 fully saturated rings. The average molecular weight is 223 g/mol. The molecule has 0 saturated carbocycles. The van der Waals surface area contributed by atoms with Crippen LogP contribution in [0.3, 0.4) is 0 Å². The Morgan fingerprint density at radius 1 is 1.38 bits per heavy atom. The highest BCUT2D eigenvalue weighted by Gasteiger charge is 2.01. The highest BCUT2D eigenvalue weighted by atomic mass is 16.5. The van der Waals surface area contributed by atoms with Crippen molar-refractivity contribution in [2.75, 3.05) is 13.7 Å². The summed E-state index contributed by atoms with van der Waals surface area (Å²) in [4.78, 5) is 0. The third kappa shape index (κ3) is 3.87. The molecule has 0 heterocycles. The van der Waals surface area contributed by atoms with Crippen molar-refractivity contribution in [3.63, 3.8) is 0 Å². The minimum atomic E-state index is -0.0338. The lowest BCUT2D eigenvalue weighted by Crippen LogP contribution is -2.64. The van der Waals surface area contributed by atoms with E-state index in [1.54, 1.807) is 13.3 Å². The number of benzene rings is 1. The number of guanidine groups is 1. The molecule has 0 saturated heterocycles. The van der Waals surface area contributed by atoms with E-state index in [1.807, 2.05) is 24.3 Å². The summed E-state index contributed by atoms with van der Waals surface area (Å²) in [6, 6.07) is 7.36. The third-order valence-corrected chi connectivity index (χ3v) is 1.68. The Morgan fingerprint density at radius 2 is 2.06 bits per heavy atom. The molecule has 0 amide bonds. The molecule has 1 rings (SSSR count). The molecule has 0 radical (unpaired) electrons. The van der Waals surface area contributed by atoms with E-state index >= 15 is 0 Å².